The van der Waals surface area contributed by atoms with Crippen LogP contribution in [0.3, 0.4) is 0 Å². The lowest BCUT2D eigenvalue weighted by Crippen LogP contribution is -2.18. The molecule has 0 fully saturated rings. The highest BCUT2D eigenvalue weighted by atomic mass is 32.1. The minimum atomic E-state index is 0.314. The van der Waals surface area contributed by atoms with Crippen LogP contribution in [0.1, 0.15) is 24.0 Å². The second-order valence-electron chi connectivity index (χ2n) is 7.55. The van der Waals surface area contributed by atoms with Crippen LogP contribution in [-0.2, 0) is 0 Å². The predicted octanol–water partition coefficient (Wildman–Crippen LogP) is 5.80. The minimum Gasteiger partial charge on any atom is -0.507 e. The van der Waals surface area contributed by atoms with Crippen LogP contribution in [0, 0.1) is 6.92 Å². The second kappa shape index (κ2) is 6.95. The van der Waals surface area contributed by atoms with Gasteiger partial charge in [-0.15, -0.1) is 11.3 Å². The Morgan fingerprint density at radius 2 is 1.89 bits per heavy atom. The number of aromatic hydroxyl groups is 1. The Morgan fingerprint density at radius 3 is 2.59 bits per heavy atom. The maximum absolute atomic E-state index is 10.8. The largest absolute Gasteiger partial charge is 0.507 e. The highest BCUT2D eigenvalue weighted by Crippen LogP contribution is 2.42. The number of hydrogen-bond donors (Lipinski definition) is 1. The molecule has 0 saturated carbocycles. The summed E-state index contributed by atoms with van der Waals surface area (Å²) in [5, 5.41) is 15.1. The molecule has 4 aromatic rings. The summed E-state index contributed by atoms with van der Waals surface area (Å²) in [6.45, 7) is 5.26. The van der Waals surface area contributed by atoms with Crippen molar-refractivity contribution in [3.8, 4) is 16.9 Å². The number of phenols is 1. The number of benzene rings is 2. The van der Waals surface area contributed by atoms with Crippen LogP contribution in [0.4, 0.5) is 0 Å². The fourth-order valence-electron chi connectivity index (χ4n) is 3.89. The highest BCUT2D eigenvalue weighted by molar-refractivity contribution is 7.17. The number of fused-ring (bicyclic) bond motifs is 3. The van der Waals surface area contributed by atoms with E-state index in [9.17, 15) is 5.11 Å². The van der Waals surface area contributed by atoms with Gasteiger partial charge in [-0.2, -0.15) is 0 Å². The van der Waals surface area contributed by atoms with Crippen LogP contribution in [-0.4, -0.2) is 35.6 Å². The molecule has 4 heteroatoms. The normalized spacial score (nSPS) is 12.9. The summed E-state index contributed by atoms with van der Waals surface area (Å²) in [6, 6.07) is 12.5. The third-order valence-corrected chi connectivity index (χ3v) is 6.00. The summed E-state index contributed by atoms with van der Waals surface area (Å²) < 4.78 is 1.14. The Morgan fingerprint density at radius 1 is 1.15 bits per heavy atom. The zero-order valence-corrected chi connectivity index (χ0v) is 17.0. The van der Waals surface area contributed by atoms with Gasteiger partial charge in [0.1, 0.15) is 5.75 Å². The molecule has 3 nitrogen and oxygen atoms in total. The topological polar surface area (TPSA) is 36.4 Å². The first-order valence-electron chi connectivity index (χ1n) is 9.19. The van der Waals surface area contributed by atoms with Crippen molar-refractivity contribution in [1.82, 2.24) is 9.88 Å². The highest BCUT2D eigenvalue weighted by Gasteiger charge is 2.16. The van der Waals surface area contributed by atoms with E-state index in [1.54, 1.807) is 11.3 Å². The number of hydrogen-bond acceptors (Lipinski definition) is 4. The molecule has 0 bridgehead atoms. The molecule has 4 rings (SSSR count). The summed E-state index contributed by atoms with van der Waals surface area (Å²) in [7, 11) is 4.20. The summed E-state index contributed by atoms with van der Waals surface area (Å²) in [4.78, 5) is 6.89. The lowest BCUT2D eigenvalue weighted by atomic mass is 9.93. The first kappa shape index (κ1) is 18.0. The maximum Gasteiger partial charge on any atom is 0.124 e. The number of pyridine rings is 1. The van der Waals surface area contributed by atoms with Gasteiger partial charge in [0.05, 0.1) is 10.2 Å². The van der Waals surface area contributed by atoms with Crippen LogP contribution >= 0.6 is 11.3 Å². The minimum absolute atomic E-state index is 0.314. The zero-order valence-electron chi connectivity index (χ0n) is 16.2. The first-order chi connectivity index (χ1) is 13.0. The molecule has 1 atom stereocenters. The molecule has 0 aliphatic rings. The standard InChI is InChI=1S/C23H24N2OS/c1-14-11-19(26)21(22-18-9-10-27-20(18)12-24-23(14)22)17-7-5-16(6-8-17)15(2)13-25(3)4/h5-12,15,26H,13H2,1-4H3. The molecule has 0 aliphatic carbocycles. The molecule has 27 heavy (non-hydrogen) atoms. The number of nitrogens with zero attached hydrogens (tertiary/aromatic N) is 2. The van der Waals surface area contributed by atoms with Gasteiger partial charge in [-0.05, 0) is 61.1 Å². The summed E-state index contributed by atoms with van der Waals surface area (Å²) in [5.74, 6) is 0.775. The van der Waals surface area contributed by atoms with Crippen molar-refractivity contribution >= 4 is 32.3 Å². The first-order valence-corrected chi connectivity index (χ1v) is 10.1. The molecule has 0 spiro atoms. The van der Waals surface area contributed by atoms with E-state index in [2.05, 4.69) is 66.6 Å². The summed E-state index contributed by atoms with van der Waals surface area (Å²) in [5.41, 5.74) is 5.16. The maximum atomic E-state index is 10.8. The number of rotatable bonds is 4. The number of likely N-dealkylation sites (N-methyl/N-ethyl adjacent to an activating group) is 1. The SMILES string of the molecule is Cc1cc(O)c(-c2ccc(C(C)CN(C)C)cc2)c2c1ncc1sccc12. The lowest BCUT2D eigenvalue weighted by molar-refractivity contribution is 0.383. The van der Waals surface area contributed by atoms with Crippen LogP contribution < -0.4 is 0 Å². The van der Waals surface area contributed by atoms with E-state index in [0.717, 1.165) is 44.2 Å². The molecule has 2 aromatic carbocycles. The fourth-order valence-corrected chi connectivity index (χ4v) is 4.65. The van der Waals surface area contributed by atoms with Gasteiger partial charge in [0.25, 0.3) is 0 Å². The van der Waals surface area contributed by atoms with Crippen LogP contribution in [0.15, 0.2) is 48.0 Å². The smallest absolute Gasteiger partial charge is 0.124 e. The van der Waals surface area contributed by atoms with Gasteiger partial charge < -0.3 is 10.0 Å². The number of phenolic OH excluding ortho intramolecular Hbond substituents is 1. The van der Waals surface area contributed by atoms with Gasteiger partial charge in [-0.3, -0.25) is 4.98 Å². The van der Waals surface area contributed by atoms with E-state index in [1.807, 2.05) is 19.2 Å². The summed E-state index contributed by atoms with van der Waals surface area (Å²) in [6.07, 6.45) is 1.93. The third kappa shape index (κ3) is 3.20. The van der Waals surface area contributed by atoms with Crippen LogP contribution in [0.25, 0.3) is 32.1 Å². The molecule has 0 aliphatic heterocycles. The van der Waals surface area contributed by atoms with E-state index in [4.69, 9.17) is 0 Å². The fraction of sp³-hybridized carbons (Fsp3) is 0.261. The van der Waals surface area contributed by atoms with E-state index in [-0.39, 0.29) is 0 Å². The molecular weight excluding hydrogens is 352 g/mol. The van der Waals surface area contributed by atoms with E-state index >= 15 is 0 Å². The predicted molar refractivity (Wildman–Crippen MR) is 116 cm³/mol. The molecule has 2 heterocycles. The number of aromatic nitrogens is 1. The van der Waals surface area contributed by atoms with Gasteiger partial charge in [-0.25, -0.2) is 0 Å². The van der Waals surface area contributed by atoms with E-state index < -0.39 is 0 Å². The van der Waals surface area contributed by atoms with Crippen molar-refractivity contribution in [1.29, 1.82) is 0 Å². The molecule has 138 valence electrons. The summed E-state index contributed by atoms with van der Waals surface area (Å²) >= 11 is 1.68. The van der Waals surface area contributed by atoms with Crippen molar-refractivity contribution in [2.45, 2.75) is 19.8 Å². The number of aryl methyl sites for hydroxylation is 1. The molecule has 0 saturated heterocycles. The average molecular weight is 377 g/mol. The van der Waals surface area contributed by atoms with E-state index in [1.165, 1.54) is 5.56 Å². The van der Waals surface area contributed by atoms with Crippen LogP contribution in [0.2, 0.25) is 0 Å². The Bertz CT molecular complexity index is 1110. The quantitative estimate of drug-likeness (QED) is 0.489. The molecule has 2 aromatic heterocycles. The van der Waals surface area contributed by atoms with Crippen molar-refractivity contribution in [3.05, 3.63) is 59.1 Å². The van der Waals surface area contributed by atoms with E-state index in [0.29, 0.717) is 11.7 Å². The van der Waals surface area contributed by atoms with Gasteiger partial charge in [-0.1, -0.05) is 31.2 Å². The van der Waals surface area contributed by atoms with Crippen molar-refractivity contribution < 1.29 is 5.11 Å². The van der Waals surface area contributed by atoms with Crippen molar-refractivity contribution in [2.75, 3.05) is 20.6 Å². The zero-order chi connectivity index (χ0) is 19.1. The molecule has 1 N–H and O–H groups in total. The Labute approximate surface area is 163 Å². The van der Waals surface area contributed by atoms with Gasteiger partial charge >= 0.3 is 0 Å². The van der Waals surface area contributed by atoms with Crippen LogP contribution in [0.5, 0.6) is 5.75 Å². The third-order valence-electron chi connectivity index (χ3n) is 5.15. The molecule has 0 radical (unpaired) electrons. The number of thiophene rings is 1. The van der Waals surface area contributed by atoms with Gasteiger partial charge in [0, 0.05) is 29.1 Å². The Hall–Kier alpha value is -2.43. The molecule has 1 unspecified atom stereocenters. The Kier molecular flexibility index (Phi) is 4.62. The second-order valence-corrected chi connectivity index (χ2v) is 8.50. The monoisotopic (exact) mass is 376 g/mol. The molecular formula is C23H24N2OS. The molecule has 0 amide bonds. The van der Waals surface area contributed by atoms with Gasteiger partial charge in [0.15, 0.2) is 0 Å². The van der Waals surface area contributed by atoms with Crippen molar-refractivity contribution in [2.24, 2.45) is 0 Å². The average Bonchev–Trinajstić information content (AvgIpc) is 3.10. The lowest BCUT2D eigenvalue weighted by Gasteiger charge is -2.18. The Balaban J connectivity index is 1.90. The van der Waals surface area contributed by atoms with Gasteiger partial charge in [0.2, 0.25) is 0 Å². The van der Waals surface area contributed by atoms with Crippen molar-refractivity contribution in [3.63, 3.8) is 0 Å².